The highest BCUT2D eigenvalue weighted by molar-refractivity contribution is 7.98. The van der Waals surface area contributed by atoms with Crippen molar-refractivity contribution in [3.63, 3.8) is 0 Å². The summed E-state index contributed by atoms with van der Waals surface area (Å²) < 4.78 is 77.7. The van der Waals surface area contributed by atoms with Gasteiger partial charge in [0, 0.05) is 18.1 Å². The van der Waals surface area contributed by atoms with Crippen molar-refractivity contribution < 1.29 is 30.8 Å². The molecule has 0 aliphatic heterocycles. The van der Waals surface area contributed by atoms with Crippen molar-refractivity contribution in [2.24, 2.45) is 0 Å². The van der Waals surface area contributed by atoms with Crippen LogP contribution in [0.5, 0.6) is 0 Å². The van der Waals surface area contributed by atoms with Crippen molar-refractivity contribution >= 4 is 27.7 Å². The lowest BCUT2D eigenvalue weighted by molar-refractivity contribution is -0.137. The van der Waals surface area contributed by atoms with Crippen LogP contribution in [0.4, 0.5) is 17.6 Å². The van der Waals surface area contributed by atoms with E-state index < -0.39 is 39.1 Å². The maximum atomic E-state index is 13.5. The number of thioether (sulfide) groups is 1. The van der Waals surface area contributed by atoms with Gasteiger partial charge in [-0.25, -0.2) is 17.5 Å². The van der Waals surface area contributed by atoms with Gasteiger partial charge in [0.25, 0.3) is 0 Å². The summed E-state index contributed by atoms with van der Waals surface area (Å²) in [5, 5.41) is 2.48. The molecule has 2 N–H and O–H groups in total. The molecule has 0 aromatic heterocycles. The summed E-state index contributed by atoms with van der Waals surface area (Å²) >= 11 is 1.39. The molecule has 0 saturated carbocycles. The number of carbonyl (C=O) groups excluding carboxylic acids is 1. The number of hydrogen-bond acceptors (Lipinski definition) is 4. The van der Waals surface area contributed by atoms with Crippen LogP contribution < -0.4 is 10.0 Å². The molecular weight excluding hydrogens is 432 g/mol. The van der Waals surface area contributed by atoms with Gasteiger partial charge in [-0.1, -0.05) is 24.3 Å². The van der Waals surface area contributed by atoms with Gasteiger partial charge in [0.15, 0.2) is 0 Å². The van der Waals surface area contributed by atoms with Gasteiger partial charge in [0.1, 0.15) is 5.82 Å². The molecule has 158 valence electrons. The van der Waals surface area contributed by atoms with Crippen LogP contribution >= 0.6 is 11.8 Å². The van der Waals surface area contributed by atoms with Gasteiger partial charge in [0.2, 0.25) is 15.9 Å². The largest absolute Gasteiger partial charge is 0.416 e. The molecule has 0 aliphatic rings. The van der Waals surface area contributed by atoms with Crippen molar-refractivity contribution in [1.29, 1.82) is 0 Å². The number of benzene rings is 2. The summed E-state index contributed by atoms with van der Waals surface area (Å²) in [6, 6.07) is 9.56. The minimum absolute atomic E-state index is 0.225. The van der Waals surface area contributed by atoms with Crippen LogP contribution in [0.15, 0.2) is 53.4 Å². The normalized spacial score (nSPS) is 12.0. The third-order valence-electron chi connectivity index (χ3n) is 3.68. The SMILES string of the molecule is O=C(CNS(=O)(=O)c1cccc(C(F)(F)F)c1)NCCSCc1ccccc1F. The number of nitrogens with one attached hydrogen (secondary N) is 2. The van der Waals surface area contributed by atoms with E-state index >= 15 is 0 Å². The molecule has 1 amide bonds. The molecule has 2 aromatic rings. The van der Waals surface area contributed by atoms with Gasteiger partial charge in [-0.05, 0) is 29.8 Å². The number of halogens is 4. The second-order valence-corrected chi connectivity index (χ2v) is 8.72. The third kappa shape index (κ3) is 7.33. The fourth-order valence-electron chi connectivity index (χ4n) is 2.21. The van der Waals surface area contributed by atoms with E-state index in [9.17, 15) is 30.8 Å². The molecule has 0 spiro atoms. The minimum atomic E-state index is -4.68. The molecule has 0 unspecified atom stereocenters. The predicted molar refractivity (Wildman–Crippen MR) is 102 cm³/mol. The fraction of sp³-hybridized carbons (Fsp3) is 0.278. The first-order valence-electron chi connectivity index (χ1n) is 8.34. The van der Waals surface area contributed by atoms with Crippen LogP contribution in [0.1, 0.15) is 11.1 Å². The Bertz CT molecular complexity index is 950. The van der Waals surface area contributed by atoms with Crippen molar-refractivity contribution in [2.75, 3.05) is 18.8 Å². The van der Waals surface area contributed by atoms with E-state index in [4.69, 9.17) is 0 Å². The molecule has 0 atom stereocenters. The Kier molecular flexibility index (Phi) is 8.05. The highest BCUT2D eigenvalue weighted by Gasteiger charge is 2.31. The lowest BCUT2D eigenvalue weighted by Crippen LogP contribution is -2.37. The Labute approximate surface area is 169 Å². The van der Waals surface area contributed by atoms with Crippen molar-refractivity contribution in [2.45, 2.75) is 16.8 Å². The number of rotatable bonds is 9. The third-order valence-corrected chi connectivity index (χ3v) is 6.09. The van der Waals surface area contributed by atoms with Crippen LogP contribution in [-0.4, -0.2) is 33.2 Å². The quantitative estimate of drug-likeness (QED) is 0.455. The van der Waals surface area contributed by atoms with Gasteiger partial charge < -0.3 is 5.32 Å². The summed E-state index contributed by atoms with van der Waals surface area (Å²) in [6.45, 7) is -0.389. The zero-order valence-electron chi connectivity index (χ0n) is 15.0. The topological polar surface area (TPSA) is 75.3 Å². The zero-order chi connectivity index (χ0) is 21.5. The lowest BCUT2D eigenvalue weighted by atomic mass is 10.2. The Hall–Kier alpha value is -2.11. The Morgan fingerprint density at radius 3 is 2.48 bits per heavy atom. The molecule has 0 saturated heterocycles. The number of hydrogen-bond donors (Lipinski definition) is 2. The maximum absolute atomic E-state index is 13.5. The Morgan fingerprint density at radius 2 is 1.79 bits per heavy atom. The molecule has 11 heteroatoms. The van der Waals surface area contributed by atoms with Crippen LogP contribution in [0, 0.1) is 5.82 Å². The number of amides is 1. The van der Waals surface area contributed by atoms with E-state index in [2.05, 4.69) is 5.32 Å². The van der Waals surface area contributed by atoms with Crippen LogP contribution in [-0.2, 0) is 26.7 Å². The van der Waals surface area contributed by atoms with Gasteiger partial charge >= 0.3 is 6.18 Å². The van der Waals surface area contributed by atoms with Crippen molar-refractivity contribution in [3.05, 3.63) is 65.5 Å². The smallest absolute Gasteiger partial charge is 0.354 e. The van der Waals surface area contributed by atoms with Gasteiger partial charge in [-0.3, -0.25) is 4.79 Å². The fourth-order valence-corrected chi connectivity index (χ4v) is 4.08. The summed E-state index contributed by atoms with van der Waals surface area (Å²) in [5.41, 5.74) is -0.561. The Morgan fingerprint density at radius 1 is 1.07 bits per heavy atom. The number of carbonyl (C=O) groups is 1. The standard InChI is InChI=1S/C18H18F4N2O3S2/c19-16-7-2-1-4-13(16)12-28-9-8-23-17(25)11-24-29(26,27)15-6-3-5-14(10-15)18(20,21)22/h1-7,10,24H,8-9,11-12H2,(H,23,25). The van der Waals surface area contributed by atoms with Gasteiger partial charge in [0.05, 0.1) is 17.0 Å². The summed E-state index contributed by atoms with van der Waals surface area (Å²) in [4.78, 5) is 11.2. The highest BCUT2D eigenvalue weighted by atomic mass is 32.2. The molecule has 0 radical (unpaired) electrons. The summed E-state index contributed by atoms with van der Waals surface area (Å²) in [6.07, 6.45) is -4.68. The molecule has 0 heterocycles. The van der Waals surface area contributed by atoms with Crippen molar-refractivity contribution in [3.8, 4) is 0 Å². The highest BCUT2D eigenvalue weighted by Crippen LogP contribution is 2.30. The molecule has 0 fully saturated rings. The first-order valence-corrected chi connectivity index (χ1v) is 11.0. The zero-order valence-corrected chi connectivity index (χ0v) is 16.6. The van der Waals surface area contributed by atoms with E-state index in [1.807, 2.05) is 4.72 Å². The first kappa shape index (κ1) is 23.2. The van der Waals surface area contributed by atoms with E-state index in [1.165, 1.54) is 17.8 Å². The van der Waals surface area contributed by atoms with Gasteiger partial charge in [-0.15, -0.1) is 0 Å². The van der Waals surface area contributed by atoms with Crippen LogP contribution in [0.3, 0.4) is 0 Å². The molecule has 0 bridgehead atoms. The second kappa shape index (κ2) is 10.1. The van der Waals surface area contributed by atoms with Crippen molar-refractivity contribution in [1.82, 2.24) is 10.0 Å². The van der Waals surface area contributed by atoms with Crippen LogP contribution in [0.2, 0.25) is 0 Å². The molecule has 2 rings (SSSR count). The van der Waals surface area contributed by atoms with E-state index in [1.54, 1.807) is 18.2 Å². The second-order valence-electron chi connectivity index (χ2n) is 5.84. The molecule has 29 heavy (non-hydrogen) atoms. The summed E-state index contributed by atoms with van der Waals surface area (Å²) in [7, 11) is -4.27. The monoisotopic (exact) mass is 450 g/mol. The molecule has 0 aliphatic carbocycles. The maximum Gasteiger partial charge on any atom is 0.416 e. The number of alkyl halides is 3. The van der Waals surface area contributed by atoms with E-state index in [0.29, 0.717) is 23.1 Å². The lowest BCUT2D eigenvalue weighted by Gasteiger charge is -2.10. The van der Waals surface area contributed by atoms with Crippen LogP contribution in [0.25, 0.3) is 0 Å². The number of sulfonamides is 1. The van der Waals surface area contributed by atoms with Gasteiger partial charge in [-0.2, -0.15) is 24.9 Å². The molecule has 2 aromatic carbocycles. The Balaban J connectivity index is 1.76. The first-order chi connectivity index (χ1) is 13.6. The average Bonchev–Trinajstić information content (AvgIpc) is 2.67. The molecule has 5 nitrogen and oxygen atoms in total. The van der Waals surface area contributed by atoms with E-state index in [0.717, 1.165) is 18.2 Å². The predicted octanol–water partition coefficient (Wildman–Crippen LogP) is 3.17. The average molecular weight is 450 g/mol. The van der Waals surface area contributed by atoms with E-state index in [-0.39, 0.29) is 12.4 Å². The molecular formula is C18H18F4N2O3S2. The minimum Gasteiger partial charge on any atom is -0.354 e. The summed E-state index contributed by atoms with van der Waals surface area (Å²) in [5.74, 6) is -0.0504.